The Hall–Kier alpha value is -1.62. The third-order valence-corrected chi connectivity index (χ3v) is 3.79. The van der Waals surface area contributed by atoms with Crippen molar-refractivity contribution in [2.75, 3.05) is 18.6 Å². The molecule has 0 bridgehead atoms. The van der Waals surface area contributed by atoms with Gasteiger partial charge in [-0.3, -0.25) is 9.00 Å². The number of aromatic nitrogens is 1. The fraction of sp³-hybridized carbons (Fsp3) is 0.357. The third kappa shape index (κ3) is 3.44. The Labute approximate surface area is 115 Å². The van der Waals surface area contributed by atoms with E-state index in [0.717, 1.165) is 11.1 Å². The average Bonchev–Trinajstić information content (AvgIpc) is 2.66. The summed E-state index contributed by atoms with van der Waals surface area (Å²) < 4.78 is 12.9. The van der Waals surface area contributed by atoms with Gasteiger partial charge in [0, 0.05) is 46.5 Å². The minimum absolute atomic E-state index is 0.0498. The predicted molar refractivity (Wildman–Crippen MR) is 78.6 cm³/mol. The number of fused-ring (bicyclic) bond motifs is 1. The zero-order valence-corrected chi connectivity index (χ0v) is 12.0. The SMILES string of the molecule is Cc1cn(CC(=O)NCC[S@](C)=O)c2ccccc12. The summed E-state index contributed by atoms with van der Waals surface area (Å²) in [6.07, 6.45) is 3.62. The first-order valence-electron chi connectivity index (χ1n) is 6.19. The summed E-state index contributed by atoms with van der Waals surface area (Å²) in [5.74, 6) is 0.447. The Bertz CT molecular complexity index is 619. The molecule has 0 unspecified atom stereocenters. The van der Waals surface area contributed by atoms with Gasteiger partial charge in [-0.05, 0) is 18.6 Å². The van der Waals surface area contributed by atoms with Gasteiger partial charge in [0.05, 0.1) is 0 Å². The quantitative estimate of drug-likeness (QED) is 0.900. The first-order valence-corrected chi connectivity index (χ1v) is 7.92. The zero-order valence-electron chi connectivity index (χ0n) is 11.2. The van der Waals surface area contributed by atoms with Crippen LogP contribution >= 0.6 is 0 Å². The number of carbonyl (C=O) groups is 1. The van der Waals surface area contributed by atoms with Crippen LogP contribution in [0.1, 0.15) is 5.56 Å². The van der Waals surface area contributed by atoms with Gasteiger partial charge in [0.1, 0.15) is 6.54 Å². The Morgan fingerprint density at radius 2 is 2.11 bits per heavy atom. The number of rotatable bonds is 5. The molecule has 19 heavy (non-hydrogen) atoms. The molecule has 102 valence electrons. The molecule has 5 heteroatoms. The number of aryl methyl sites for hydroxylation is 1. The van der Waals surface area contributed by atoms with Crippen LogP contribution in [0.3, 0.4) is 0 Å². The maximum atomic E-state index is 11.8. The molecule has 0 fully saturated rings. The number of hydrogen-bond acceptors (Lipinski definition) is 2. The molecule has 4 nitrogen and oxygen atoms in total. The Balaban J connectivity index is 2.05. The molecular weight excluding hydrogens is 260 g/mol. The first-order chi connectivity index (χ1) is 9.08. The van der Waals surface area contributed by atoms with Crippen molar-refractivity contribution in [3.05, 3.63) is 36.0 Å². The van der Waals surface area contributed by atoms with E-state index in [-0.39, 0.29) is 5.91 Å². The molecule has 0 spiro atoms. The molecule has 0 radical (unpaired) electrons. The number of para-hydroxylation sites is 1. The van der Waals surface area contributed by atoms with E-state index in [9.17, 15) is 9.00 Å². The van der Waals surface area contributed by atoms with E-state index in [1.807, 2.05) is 35.9 Å². The van der Waals surface area contributed by atoms with E-state index in [2.05, 4.69) is 11.4 Å². The topological polar surface area (TPSA) is 51.1 Å². The van der Waals surface area contributed by atoms with E-state index >= 15 is 0 Å². The van der Waals surface area contributed by atoms with E-state index in [0.29, 0.717) is 18.8 Å². The molecule has 1 aromatic heterocycles. The maximum absolute atomic E-state index is 11.8. The van der Waals surface area contributed by atoms with Crippen molar-refractivity contribution in [2.24, 2.45) is 0 Å². The molecule has 2 rings (SSSR count). The highest BCUT2D eigenvalue weighted by Gasteiger charge is 2.08. The van der Waals surface area contributed by atoms with Crippen molar-refractivity contribution in [3.8, 4) is 0 Å². The van der Waals surface area contributed by atoms with Crippen LogP contribution in [0.15, 0.2) is 30.5 Å². The van der Waals surface area contributed by atoms with Crippen LogP contribution in [0.4, 0.5) is 0 Å². The summed E-state index contributed by atoms with van der Waals surface area (Å²) >= 11 is 0. The van der Waals surface area contributed by atoms with Crippen LogP contribution in [-0.2, 0) is 22.1 Å². The van der Waals surface area contributed by atoms with Crippen molar-refractivity contribution in [3.63, 3.8) is 0 Å². The lowest BCUT2D eigenvalue weighted by atomic mass is 10.2. The van der Waals surface area contributed by atoms with Gasteiger partial charge < -0.3 is 9.88 Å². The van der Waals surface area contributed by atoms with Crippen LogP contribution in [0.25, 0.3) is 10.9 Å². The fourth-order valence-corrected chi connectivity index (χ4v) is 2.50. The molecule has 1 atom stereocenters. The number of carbonyl (C=O) groups excluding carboxylic acids is 1. The standard InChI is InChI=1S/C14H18N2O2S/c1-11-9-16(13-6-4-3-5-12(11)13)10-14(17)15-7-8-19(2)18/h3-6,9H,7-8,10H2,1-2H3,(H,15,17)/t19-/m0/s1. The van der Waals surface area contributed by atoms with Gasteiger partial charge in [-0.2, -0.15) is 0 Å². The molecule has 1 heterocycles. The van der Waals surface area contributed by atoms with Crippen LogP contribution in [-0.4, -0.2) is 33.2 Å². The number of nitrogens with one attached hydrogen (secondary N) is 1. The summed E-state index contributed by atoms with van der Waals surface area (Å²) in [6.45, 7) is 2.79. The zero-order chi connectivity index (χ0) is 13.8. The van der Waals surface area contributed by atoms with Gasteiger partial charge in [0.25, 0.3) is 0 Å². The molecule has 0 aliphatic carbocycles. The fourth-order valence-electron chi connectivity index (χ4n) is 2.11. The van der Waals surface area contributed by atoms with Crippen molar-refractivity contribution in [1.82, 2.24) is 9.88 Å². The lowest BCUT2D eigenvalue weighted by Crippen LogP contribution is -2.30. The summed E-state index contributed by atoms with van der Waals surface area (Å²) in [4.78, 5) is 11.8. The maximum Gasteiger partial charge on any atom is 0.239 e. The summed E-state index contributed by atoms with van der Waals surface area (Å²) in [5, 5.41) is 3.95. The van der Waals surface area contributed by atoms with Crippen molar-refractivity contribution < 1.29 is 9.00 Å². The normalized spacial score (nSPS) is 12.5. The molecule has 0 aliphatic rings. The number of amides is 1. The molecule has 0 aliphatic heterocycles. The van der Waals surface area contributed by atoms with Gasteiger partial charge >= 0.3 is 0 Å². The van der Waals surface area contributed by atoms with Crippen molar-refractivity contribution in [1.29, 1.82) is 0 Å². The summed E-state index contributed by atoms with van der Waals surface area (Å²) in [5.41, 5.74) is 2.23. The minimum atomic E-state index is -0.868. The van der Waals surface area contributed by atoms with Gasteiger partial charge in [-0.25, -0.2) is 0 Å². The van der Waals surface area contributed by atoms with E-state index in [4.69, 9.17) is 0 Å². The van der Waals surface area contributed by atoms with E-state index in [1.54, 1.807) is 6.26 Å². The average molecular weight is 278 g/mol. The van der Waals surface area contributed by atoms with Crippen molar-refractivity contribution in [2.45, 2.75) is 13.5 Å². The van der Waals surface area contributed by atoms with Crippen molar-refractivity contribution >= 4 is 27.6 Å². The van der Waals surface area contributed by atoms with E-state index < -0.39 is 10.8 Å². The molecule has 1 amide bonds. The van der Waals surface area contributed by atoms with Gasteiger partial charge in [0.15, 0.2) is 0 Å². The molecule has 2 aromatic rings. The summed E-state index contributed by atoms with van der Waals surface area (Å²) in [7, 11) is -0.868. The highest BCUT2D eigenvalue weighted by molar-refractivity contribution is 7.84. The largest absolute Gasteiger partial charge is 0.354 e. The second-order valence-corrected chi connectivity index (χ2v) is 6.14. The second-order valence-electron chi connectivity index (χ2n) is 4.58. The molecule has 0 saturated carbocycles. The smallest absolute Gasteiger partial charge is 0.239 e. The van der Waals surface area contributed by atoms with Crippen LogP contribution in [0.5, 0.6) is 0 Å². The minimum Gasteiger partial charge on any atom is -0.354 e. The van der Waals surface area contributed by atoms with Gasteiger partial charge in [0.2, 0.25) is 5.91 Å². The molecule has 0 saturated heterocycles. The van der Waals surface area contributed by atoms with E-state index in [1.165, 1.54) is 5.39 Å². The Morgan fingerprint density at radius 1 is 1.37 bits per heavy atom. The molecular formula is C14H18N2O2S. The third-order valence-electron chi connectivity index (χ3n) is 3.01. The van der Waals surface area contributed by atoms with Gasteiger partial charge in [-0.1, -0.05) is 18.2 Å². The van der Waals surface area contributed by atoms with Gasteiger partial charge in [-0.15, -0.1) is 0 Å². The predicted octanol–water partition coefficient (Wildman–Crippen LogP) is 1.44. The van der Waals surface area contributed by atoms with Crippen LogP contribution in [0.2, 0.25) is 0 Å². The number of benzene rings is 1. The lowest BCUT2D eigenvalue weighted by molar-refractivity contribution is -0.121. The Kier molecular flexibility index (Phi) is 4.37. The number of hydrogen-bond donors (Lipinski definition) is 1. The highest BCUT2D eigenvalue weighted by Crippen LogP contribution is 2.19. The number of nitrogens with zero attached hydrogens (tertiary/aromatic N) is 1. The van der Waals surface area contributed by atoms with Crippen LogP contribution < -0.4 is 5.32 Å². The monoisotopic (exact) mass is 278 g/mol. The van der Waals surface area contributed by atoms with Crippen LogP contribution in [0, 0.1) is 6.92 Å². The highest BCUT2D eigenvalue weighted by atomic mass is 32.2. The first kappa shape index (κ1) is 13.8. The lowest BCUT2D eigenvalue weighted by Gasteiger charge is -2.06. The molecule has 1 aromatic carbocycles. The second kappa shape index (κ2) is 6.02. The summed E-state index contributed by atoms with van der Waals surface area (Å²) in [6, 6.07) is 8.03. The Morgan fingerprint density at radius 3 is 2.84 bits per heavy atom. The molecule has 1 N–H and O–H groups in total.